The van der Waals surface area contributed by atoms with Crippen molar-refractivity contribution >= 4 is 5.78 Å². The molecule has 0 bridgehead atoms. The van der Waals surface area contributed by atoms with E-state index in [0.717, 1.165) is 25.7 Å². The molecular weight excluding hydrogens is 200 g/mol. The second-order valence-corrected chi connectivity index (χ2v) is 4.76. The molecular formula is C14H18O2. The molecule has 16 heavy (non-hydrogen) atoms. The van der Waals surface area contributed by atoms with Gasteiger partial charge < -0.3 is 5.11 Å². The summed E-state index contributed by atoms with van der Waals surface area (Å²) in [4.78, 5) is 12.2. The molecule has 1 saturated carbocycles. The van der Waals surface area contributed by atoms with Gasteiger partial charge in [0, 0.05) is 11.5 Å². The molecule has 0 spiro atoms. The minimum Gasteiger partial charge on any atom is -0.389 e. The fourth-order valence-electron chi connectivity index (χ4n) is 2.52. The van der Waals surface area contributed by atoms with E-state index in [-0.39, 0.29) is 11.7 Å². The van der Waals surface area contributed by atoms with E-state index in [0.29, 0.717) is 5.56 Å². The lowest BCUT2D eigenvalue weighted by Crippen LogP contribution is -2.38. The maximum Gasteiger partial charge on any atom is 0.168 e. The molecule has 0 aromatic heterocycles. The molecule has 1 fully saturated rings. The summed E-state index contributed by atoms with van der Waals surface area (Å²) in [6.45, 7) is 1.85. The molecule has 1 aliphatic carbocycles. The van der Waals surface area contributed by atoms with Crippen LogP contribution in [0.15, 0.2) is 30.3 Å². The summed E-state index contributed by atoms with van der Waals surface area (Å²) >= 11 is 0. The van der Waals surface area contributed by atoms with Gasteiger partial charge in [-0.2, -0.15) is 0 Å². The summed E-state index contributed by atoms with van der Waals surface area (Å²) in [7, 11) is 0. The van der Waals surface area contributed by atoms with Crippen LogP contribution >= 0.6 is 0 Å². The Bertz CT molecular complexity index is 364. The molecule has 1 aliphatic rings. The number of aliphatic hydroxyl groups is 1. The number of carbonyl (C=O) groups is 1. The Balaban J connectivity index is 2.16. The lowest BCUT2D eigenvalue weighted by molar-refractivity contribution is 0.00107. The minimum atomic E-state index is -0.771. The highest BCUT2D eigenvalue weighted by Gasteiger charge is 2.40. The van der Waals surface area contributed by atoms with Crippen LogP contribution in [0.25, 0.3) is 0 Å². The zero-order valence-corrected chi connectivity index (χ0v) is 9.65. The highest BCUT2D eigenvalue weighted by atomic mass is 16.3. The fraction of sp³-hybridized carbons (Fsp3) is 0.500. The van der Waals surface area contributed by atoms with E-state index in [2.05, 4.69) is 0 Å². The van der Waals surface area contributed by atoms with E-state index in [1.165, 1.54) is 0 Å². The lowest BCUT2D eigenvalue weighted by Gasteiger charge is -2.28. The van der Waals surface area contributed by atoms with Crippen molar-refractivity contribution in [2.45, 2.75) is 38.2 Å². The summed E-state index contributed by atoms with van der Waals surface area (Å²) in [6.07, 6.45) is 3.57. The molecule has 2 nitrogen and oxygen atoms in total. The van der Waals surface area contributed by atoms with Crippen molar-refractivity contribution in [2.75, 3.05) is 0 Å². The van der Waals surface area contributed by atoms with Crippen molar-refractivity contribution in [1.29, 1.82) is 0 Å². The average molecular weight is 218 g/mol. The summed E-state index contributed by atoms with van der Waals surface area (Å²) in [5.74, 6) is -0.234. The zero-order valence-electron chi connectivity index (χ0n) is 9.65. The van der Waals surface area contributed by atoms with Gasteiger partial charge in [-0.25, -0.2) is 0 Å². The van der Waals surface area contributed by atoms with Crippen molar-refractivity contribution in [3.8, 4) is 0 Å². The van der Waals surface area contributed by atoms with E-state index in [9.17, 15) is 9.90 Å². The maximum absolute atomic E-state index is 12.2. The quantitative estimate of drug-likeness (QED) is 0.792. The number of benzene rings is 1. The summed E-state index contributed by atoms with van der Waals surface area (Å²) < 4.78 is 0. The maximum atomic E-state index is 12.2. The normalized spacial score (nSPS) is 20.6. The predicted octanol–water partition coefficient (Wildman–Crippen LogP) is 2.81. The van der Waals surface area contributed by atoms with Crippen LogP contribution in [0.4, 0.5) is 0 Å². The van der Waals surface area contributed by atoms with Gasteiger partial charge in [-0.1, -0.05) is 50.1 Å². The largest absolute Gasteiger partial charge is 0.389 e. The van der Waals surface area contributed by atoms with E-state index < -0.39 is 5.60 Å². The van der Waals surface area contributed by atoms with Crippen molar-refractivity contribution in [2.24, 2.45) is 5.92 Å². The molecule has 1 aromatic rings. The second-order valence-electron chi connectivity index (χ2n) is 4.76. The smallest absolute Gasteiger partial charge is 0.168 e. The van der Waals surface area contributed by atoms with Crippen molar-refractivity contribution in [3.05, 3.63) is 35.9 Å². The lowest BCUT2D eigenvalue weighted by atomic mass is 9.82. The predicted molar refractivity (Wildman–Crippen MR) is 63.4 cm³/mol. The molecule has 0 amide bonds. The van der Waals surface area contributed by atoms with Crippen LogP contribution < -0.4 is 0 Å². The van der Waals surface area contributed by atoms with Crippen LogP contribution in [0, 0.1) is 5.92 Å². The van der Waals surface area contributed by atoms with Gasteiger partial charge in [0.25, 0.3) is 0 Å². The molecule has 0 saturated heterocycles. The van der Waals surface area contributed by atoms with Crippen LogP contribution in [0.1, 0.15) is 43.0 Å². The van der Waals surface area contributed by atoms with E-state index in [1.807, 2.05) is 37.3 Å². The van der Waals surface area contributed by atoms with Gasteiger partial charge in [-0.15, -0.1) is 0 Å². The number of hydrogen-bond acceptors (Lipinski definition) is 2. The third kappa shape index (κ3) is 2.03. The molecule has 1 aromatic carbocycles. The number of hydrogen-bond donors (Lipinski definition) is 1. The highest BCUT2D eigenvalue weighted by Crippen LogP contribution is 2.37. The van der Waals surface area contributed by atoms with Gasteiger partial charge in [-0.05, 0) is 12.8 Å². The molecule has 86 valence electrons. The molecule has 0 radical (unpaired) electrons. The van der Waals surface area contributed by atoms with Crippen molar-refractivity contribution in [3.63, 3.8) is 0 Å². The zero-order chi connectivity index (χ0) is 11.6. The van der Waals surface area contributed by atoms with Crippen LogP contribution in [0.2, 0.25) is 0 Å². The average Bonchev–Trinajstić information content (AvgIpc) is 2.77. The topological polar surface area (TPSA) is 37.3 Å². The molecule has 1 atom stereocenters. The highest BCUT2D eigenvalue weighted by molar-refractivity contribution is 5.98. The van der Waals surface area contributed by atoms with E-state index in [4.69, 9.17) is 0 Å². The van der Waals surface area contributed by atoms with Gasteiger partial charge >= 0.3 is 0 Å². The Morgan fingerprint density at radius 2 is 1.81 bits per heavy atom. The molecule has 2 heteroatoms. The van der Waals surface area contributed by atoms with Crippen LogP contribution in [-0.2, 0) is 0 Å². The third-order valence-corrected chi connectivity index (χ3v) is 3.73. The second kappa shape index (κ2) is 4.38. The standard InChI is InChI=1S/C14H18O2/c1-11(14(16)9-5-6-10-14)13(15)12-7-3-2-4-8-12/h2-4,7-8,11,16H,5-6,9-10H2,1H3. The Hall–Kier alpha value is -1.15. The van der Waals surface area contributed by atoms with Gasteiger partial charge in [0.15, 0.2) is 5.78 Å². The van der Waals surface area contributed by atoms with Crippen LogP contribution in [0.3, 0.4) is 0 Å². The number of carbonyl (C=O) groups excluding carboxylic acids is 1. The third-order valence-electron chi connectivity index (χ3n) is 3.73. The first kappa shape index (κ1) is 11.3. The van der Waals surface area contributed by atoms with Gasteiger partial charge in [0.2, 0.25) is 0 Å². The minimum absolute atomic E-state index is 0.0602. The Kier molecular flexibility index (Phi) is 3.10. The first-order valence-electron chi connectivity index (χ1n) is 5.95. The molecule has 1 unspecified atom stereocenters. The first-order chi connectivity index (χ1) is 7.63. The molecule has 2 rings (SSSR count). The van der Waals surface area contributed by atoms with E-state index in [1.54, 1.807) is 0 Å². The Morgan fingerprint density at radius 3 is 2.38 bits per heavy atom. The summed E-state index contributed by atoms with van der Waals surface area (Å²) in [5.41, 5.74) is -0.0669. The number of rotatable bonds is 3. The molecule has 1 N–H and O–H groups in total. The molecule has 0 aliphatic heterocycles. The first-order valence-corrected chi connectivity index (χ1v) is 5.95. The number of Topliss-reactive ketones (excluding diaryl/α,β-unsaturated/α-hetero) is 1. The van der Waals surface area contributed by atoms with Crippen molar-refractivity contribution in [1.82, 2.24) is 0 Å². The SMILES string of the molecule is CC(C(=O)c1ccccc1)C1(O)CCCC1. The summed E-state index contributed by atoms with van der Waals surface area (Å²) in [5, 5.41) is 10.4. The van der Waals surface area contributed by atoms with Gasteiger partial charge in [0.05, 0.1) is 5.60 Å². The Morgan fingerprint density at radius 1 is 1.25 bits per heavy atom. The summed E-state index contributed by atoms with van der Waals surface area (Å²) in [6, 6.07) is 9.25. The monoisotopic (exact) mass is 218 g/mol. The van der Waals surface area contributed by atoms with Crippen LogP contribution in [0.5, 0.6) is 0 Å². The molecule has 0 heterocycles. The van der Waals surface area contributed by atoms with Crippen molar-refractivity contribution < 1.29 is 9.90 Å². The van der Waals surface area contributed by atoms with E-state index >= 15 is 0 Å². The fourth-order valence-corrected chi connectivity index (χ4v) is 2.52. The van der Waals surface area contributed by atoms with Gasteiger partial charge in [-0.3, -0.25) is 4.79 Å². The Labute approximate surface area is 96.3 Å². The van der Waals surface area contributed by atoms with Crippen LogP contribution in [-0.4, -0.2) is 16.5 Å². The number of ketones is 1. The van der Waals surface area contributed by atoms with Gasteiger partial charge in [0.1, 0.15) is 0 Å².